The molecule has 5 atom stereocenters. The Morgan fingerprint density at radius 3 is 2.41 bits per heavy atom. The summed E-state index contributed by atoms with van der Waals surface area (Å²) in [6.45, 7) is 14.8. The Bertz CT molecular complexity index is 898. The van der Waals surface area contributed by atoms with Gasteiger partial charge in [-0.25, -0.2) is 0 Å². The van der Waals surface area contributed by atoms with E-state index < -0.39 is 0 Å². The topological polar surface area (TPSA) is 12.5 Å². The van der Waals surface area contributed by atoms with Crippen LogP contribution in [0, 0.1) is 38.5 Å². The van der Waals surface area contributed by atoms with Crippen molar-refractivity contribution in [1.82, 2.24) is 4.90 Å². The van der Waals surface area contributed by atoms with Crippen LogP contribution < -0.4 is 0 Å². The summed E-state index contributed by atoms with van der Waals surface area (Å²) >= 11 is 0. The number of hydrogen-bond acceptors (Lipinski definition) is 2. The summed E-state index contributed by atoms with van der Waals surface area (Å²) in [6, 6.07) is 15.4. The molecule has 3 fully saturated rings. The van der Waals surface area contributed by atoms with Gasteiger partial charge < -0.3 is 4.74 Å². The summed E-state index contributed by atoms with van der Waals surface area (Å²) in [5.41, 5.74) is 6.96. The van der Waals surface area contributed by atoms with E-state index in [2.05, 4.69) is 82.0 Å². The van der Waals surface area contributed by atoms with Crippen molar-refractivity contribution in [3.05, 3.63) is 70.3 Å². The lowest BCUT2D eigenvalue weighted by Gasteiger charge is -2.40. The van der Waals surface area contributed by atoms with Gasteiger partial charge in [0.2, 0.25) is 0 Å². The van der Waals surface area contributed by atoms with Crippen LogP contribution in [0.5, 0.6) is 0 Å². The third-order valence-corrected chi connectivity index (χ3v) is 8.53. The smallest absolute Gasteiger partial charge is 0.111 e. The normalized spacial score (nSPS) is 36.0. The first-order chi connectivity index (χ1) is 13.9. The van der Waals surface area contributed by atoms with E-state index in [1.165, 1.54) is 47.2 Å². The molecular weight excluding hydrogens is 354 g/mol. The van der Waals surface area contributed by atoms with Gasteiger partial charge in [0.1, 0.15) is 5.60 Å². The molecule has 5 rings (SSSR count). The fourth-order valence-electron chi connectivity index (χ4n) is 7.62. The lowest BCUT2D eigenvalue weighted by molar-refractivity contribution is -0.0879. The zero-order valence-corrected chi connectivity index (χ0v) is 18.7. The van der Waals surface area contributed by atoms with E-state index in [9.17, 15) is 0 Å². The number of nitrogens with zero attached hydrogens (tertiary/aromatic N) is 1. The highest BCUT2D eigenvalue weighted by molar-refractivity contribution is 5.45. The molecular formula is C27H35NO. The maximum Gasteiger partial charge on any atom is 0.111 e. The minimum atomic E-state index is -0.207. The molecule has 0 amide bonds. The fraction of sp³-hybridized carbons (Fsp3) is 0.556. The molecule has 0 N–H and O–H groups in total. The van der Waals surface area contributed by atoms with Crippen LogP contribution in [0.25, 0.3) is 0 Å². The number of hydrogen-bond donors (Lipinski definition) is 0. The second-order valence-electron chi connectivity index (χ2n) is 10.3. The summed E-state index contributed by atoms with van der Waals surface area (Å²) in [5.74, 6) is 2.17. The standard InChI is InChI=1S/C27H35NO/c1-18-13-19(2)25(20(3)14-18)27(29-16-22-9-7-6-8-10-22)17-28-15-21(4)23-11-12-24(27)26(23,28)5/h6-10,13-14,21,23-24H,11-12,15-17H2,1-5H3/t21-,23+,24+,26-,27-/m1/s1. The van der Waals surface area contributed by atoms with E-state index in [1.807, 2.05) is 0 Å². The van der Waals surface area contributed by atoms with Crippen molar-refractivity contribution in [1.29, 1.82) is 0 Å². The van der Waals surface area contributed by atoms with E-state index in [0.29, 0.717) is 12.5 Å². The van der Waals surface area contributed by atoms with Crippen molar-refractivity contribution >= 4 is 0 Å². The molecule has 0 unspecified atom stereocenters. The molecule has 0 radical (unpaired) electrons. The van der Waals surface area contributed by atoms with Gasteiger partial charge in [-0.15, -0.1) is 0 Å². The van der Waals surface area contributed by atoms with Crippen LogP contribution in [0.3, 0.4) is 0 Å². The Morgan fingerprint density at radius 2 is 1.72 bits per heavy atom. The van der Waals surface area contributed by atoms with Gasteiger partial charge in [0.15, 0.2) is 0 Å². The fourth-order valence-corrected chi connectivity index (χ4v) is 7.62. The van der Waals surface area contributed by atoms with Crippen molar-refractivity contribution < 1.29 is 4.74 Å². The highest BCUT2D eigenvalue weighted by Crippen LogP contribution is 2.64. The van der Waals surface area contributed by atoms with Crippen LogP contribution >= 0.6 is 0 Å². The first kappa shape index (κ1) is 19.3. The second-order valence-corrected chi connectivity index (χ2v) is 10.3. The van der Waals surface area contributed by atoms with Gasteiger partial charge in [0.25, 0.3) is 0 Å². The number of benzene rings is 2. The molecule has 2 aliphatic heterocycles. The van der Waals surface area contributed by atoms with Crippen molar-refractivity contribution in [3.8, 4) is 0 Å². The molecule has 2 heterocycles. The molecule has 1 aliphatic carbocycles. The summed E-state index contributed by atoms with van der Waals surface area (Å²) in [5, 5.41) is 0. The SMILES string of the molecule is Cc1cc(C)c([C@@]2(OCc3ccccc3)CN3C[C@@H](C)[C@@H]4CC[C@H]2[C@@]43C)c(C)c1. The Balaban J connectivity index is 1.62. The second kappa shape index (κ2) is 6.68. The van der Waals surface area contributed by atoms with E-state index in [4.69, 9.17) is 4.74 Å². The Kier molecular flexibility index (Phi) is 4.46. The van der Waals surface area contributed by atoms with Crippen LogP contribution in [0.1, 0.15) is 54.5 Å². The van der Waals surface area contributed by atoms with E-state index >= 15 is 0 Å². The molecule has 2 aromatic rings. The first-order valence-electron chi connectivity index (χ1n) is 11.4. The van der Waals surface area contributed by atoms with Gasteiger partial charge in [0.05, 0.1) is 6.61 Å². The zero-order valence-electron chi connectivity index (χ0n) is 18.7. The third kappa shape index (κ3) is 2.68. The van der Waals surface area contributed by atoms with Crippen LogP contribution in [0.15, 0.2) is 42.5 Å². The van der Waals surface area contributed by atoms with Crippen LogP contribution in [0.4, 0.5) is 0 Å². The summed E-state index contributed by atoms with van der Waals surface area (Å²) < 4.78 is 7.09. The third-order valence-electron chi connectivity index (χ3n) is 8.53. The van der Waals surface area contributed by atoms with Crippen molar-refractivity contribution in [3.63, 3.8) is 0 Å². The molecule has 2 aromatic carbocycles. The zero-order chi connectivity index (χ0) is 20.4. The molecule has 1 saturated carbocycles. The van der Waals surface area contributed by atoms with Gasteiger partial charge in [-0.3, -0.25) is 4.90 Å². The summed E-state index contributed by atoms with van der Waals surface area (Å²) in [6.07, 6.45) is 2.63. The Morgan fingerprint density at radius 1 is 1.03 bits per heavy atom. The van der Waals surface area contributed by atoms with E-state index in [-0.39, 0.29) is 11.1 Å². The predicted molar refractivity (Wildman–Crippen MR) is 119 cm³/mol. The van der Waals surface area contributed by atoms with Gasteiger partial charge in [-0.1, -0.05) is 55.0 Å². The highest BCUT2D eigenvalue weighted by Gasteiger charge is 2.69. The lowest BCUT2D eigenvalue weighted by Crippen LogP contribution is -2.44. The van der Waals surface area contributed by atoms with E-state index in [1.54, 1.807) is 0 Å². The first-order valence-corrected chi connectivity index (χ1v) is 11.4. The van der Waals surface area contributed by atoms with Crippen molar-refractivity contribution in [2.45, 2.75) is 65.2 Å². The maximum absolute atomic E-state index is 7.09. The Hall–Kier alpha value is -1.64. The maximum atomic E-state index is 7.09. The van der Waals surface area contributed by atoms with Gasteiger partial charge in [-0.2, -0.15) is 0 Å². The number of ether oxygens (including phenoxy) is 1. The average molecular weight is 390 g/mol. The molecule has 0 bridgehead atoms. The van der Waals surface area contributed by atoms with Crippen molar-refractivity contribution in [2.75, 3.05) is 13.1 Å². The van der Waals surface area contributed by atoms with Gasteiger partial charge in [0, 0.05) is 24.5 Å². The monoisotopic (exact) mass is 389 g/mol. The largest absolute Gasteiger partial charge is 0.364 e. The molecule has 3 aliphatic rings. The minimum Gasteiger partial charge on any atom is -0.364 e. The van der Waals surface area contributed by atoms with Crippen LogP contribution in [-0.4, -0.2) is 23.5 Å². The summed E-state index contributed by atoms with van der Waals surface area (Å²) in [4.78, 5) is 2.80. The van der Waals surface area contributed by atoms with Crippen LogP contribution in [0.2, 0.25) is 0 Å². The quantitative estimate of drug-likeness (QED) is 0.658. The van der Waals surface area contributed by atoms with E-state index in [0.717, 1.165) is 18.4 Å². The molecule has 0 spiro atoms. The average Bonchev–Trinajstić information content (AvgIpc) is 3.23. The minimum absolute atomic E-state index is 0.207. The molecule has 2 saturated heterocycles. The Labute approximate surface area is 176 Å². The van der Waals surface area contributed by atoms with Crippen LogP contribution in [-0.2, 0) is 16.9 Å². The predicted octanol–water partition coefficient (Wildman–Crippen LogP) is 5.77. The molecule has 29 heavy (non-hydrogen) atoms. The molecule has 2 nitrogen and oxygen atoms in total. The number of aryl methyl sites for hydroxylation is 3. The summed E-state index contributed by atoms with van der Waals surface area (Å²) in [7, 11) is 0. The van der Waals surface area contributed by atoms with Gasteiger partial charge >= 0.3 is 0 Å². The lowest BCUT2D eigenvalue weighted by atomic mass is 9.71. The number of rotatable bonds is 4. The van der Waals surface area contributed by atoms with Crippen molar-refractivity contribution in [2.24, 2.45) is 17.8 Å². The highest BCUT2D eigenvalue weighted by atomic mass is 16.5. The molecule has 2 heteroatoms. The molecule has 154 valence electrons. The van der Waals surface area contributed by atoms with Gasteiger partial charge in [-0.05, 0) is 74.6 Å². The molecule has 0 aromatic heterocycles.